The molecule has 0 atom stereocenters. The molecule has 0 bridgehead atoms. The smallest absolute Gasteiger partial charge is 0.429 e. The Kier molecular flexibility index (Phi) is 8.72. The lowest BCUT2D eigenvalue weighted by molar-refractivity contribution is -0.206. The van der Waals surface area contributed by atoms with Crippen LogP contribution in [0.25, 0.3) is 10.8 Å². The molecular weight excluding hydrogens is 529 g/mol. The molecule has 10 heteroatoms. The molecule has 3 nitrogen and oxygen atoms in total. The van der Waals surface area contributed by atoms with E-state index in [0.717, 1.165) is 49.8 Å². The molecule has 208 valence electrons. The summed E-state index contributed by atoms with van der Waals surface area (Å²) in [5.41, 5.74) is -0.978. The topological polar surface area (TPSA) is 27.7 Å². The molecule has 1 heterocycles. The number of halogens is 7. The predicted molar refractivity (Wildman–Crippen MR) is 130 cm³/mol. The standard InChI is InChI=1S/C29H25F7O3/c1-2-3-4-5-18-16-37-27(38-17-18)19-6-8-21(9-7-19)29(35,36)39-22-10-11-23-20(14-22)15-25(30)24(26(23)31)12-13-28(32,33)34/h6-11,14-15,18,27H,2-5,16-17H2,1H3. The molecule has 1 aliphatic heterocycles. The van der Waals surface area contributed by atoms with Crippen LogP contribution in [0.15, 0.2) is 48.5 Å². The molecule has 0 saturated carbocycles. The van der Waals surface area contributed by atoms with Crippen molar-refractivity contribution in [1.29, 1.82) is 0 Å². The van der Waals surface area contributed by atoms with Crippen molar-refractivity contribution in [2.45, 2.75) is 51.2 Å². The van der Waals surface area contributed by atoms with Crippen LogP contribution in [0.3, 0.4) is 0 Å². The molecule has 0 spiro atoms. The van der Waals surface area contributed by atoms with E-state index in [2.05, 4.69) is 6.92 Å². The molecule has 0 unspecified atom stereocenters. The van der Waals surface area contributed by atoms with Crippen LogP contribution in [-0.2, 0) is 15.6 Å². The fourth-order valence-corrected chi connectivity index (χ4v) is 4.25. The van der Waals surface area contributed by atoms with Crippen LogP contribution in [0, 0.1) is 29.4 Å². The van der Waals surface area contributed by atoms with Crippen LogP contribution in [0.1, 0.15) is 55.6 Å². The Morgan fingerprint density at radius 2 is 1.62 bits per heavy atom. The summed E-state index contributed by atoms with van der Waals surface area (Å²) in [6.45, 7) is 3.18. The van der Waals surface area contributed by atoms with Gasteiger partial charge in [-0.1, -0.05) is 44.2 Å². The summed E-state index contributed by atoms with van der Waals surface area (Å²) in [4.78, 5) is 0. The second kappa shape index (κ2) is 11.8. The summed E-state index contributed by atoms with van der Waals surface area (Å²) in [7, 11) is 0. The highest BCUT2D eigenvalue weighted by atomic mass is 19.4. The number of ether oxygens (including phenoxy) is 3. The fraction of sp³-hybridized carbons (Fsp3) is 0.379. The van der Waals surface area contributed by atoms with Gasteiger partial charge < -0.3 is 14.2 Å². The first-order valence-electron chi connectivity index (χ1n) is 12.4. The van der Waals surface area contributed by atoms with Gasteiger partial charge in [0.05, 0.1) is 24.3 Å². The van der Waals surface area contributed by atoms with Crippen molar-refractivity contribution >= 4 is 10.8 Å². The molecule has 0 amide bonds. The summed E-state index contributed by atoms with van der Waals surface area (Å²) >= 11 is 0. The van der Waals surface area contributed by atoms with Crippen molar-refractivity contribution in [3.63, 3.8) is 0 Å². The van der Waals surface area contributed by atoms with Crippen molar-refractivity contribution < 1.29 is 44.9 Å². The van der Waals surface area contributed by atoms with Crippen molar-refractivity contribution in [2.75, 3.05) is 13.2 Å². The third-order valence-corrected chi connectivity index (χ3v) is 6.28. The first kappa shape index (κ1) is 28.7. The van der Waals surface area contributed by atoms with Crippen LogP contribution in [0.4, 0.5) is 30.7 Å². The van der Waals surface area contributed by atoms with E-state index in [-0.39, 0.29) is 10.8 Å². The SMILES string of the molecule is CCCCCC1COC(c2ccc(C(F)(F)Oc3ccc4c(F)c(C#CC(F)(F)F)c(F)cc4c3)cc2)OC1. The number of benzene rings is 3. The van der Waals surface area contributed by atoms with E-state index in [1.54, 1.807) is 0 Å². The average Bonchev–Trinajstić information content (AvgIpc) is 2.88. The van der Waals surface area contributed by atoms with Crippen LogP contribution in [0.5, 0.6) is 5.75 Å². The van der Waals surface area contributed by atoms with Crippen LogP contribution in [0.2, 0.25) is 0 Å². The lowest BCUT2D eigenvalue weighted by atomic mass is 10.0. The summed E-state index contributed by atoms with van der Waals surface area (Å²) in [6, 6.07) is 8.91. The first-order valence-corrected chi connectivity index (χ1v) is 12.4. The maximum Gasteiger partial charge on any atom is 0.458 e. The summed E-state index contributed by atoms with van der Waals surface area (Å²) in [5.74, 6) is -0.563. The molecule has 0 radical (unpaired) electrons. The summed E-state index contributed by atoms with van der Waals surface area (Å²) in [5, 5.41) is -0.492. The Morgan fingerprint density at radius 1 is 0.923 bits per heavy atom. The van der Waals surface area contributed by atoms with E-state index >= 15 is 0 Å². The summed E-state index contributed by atoms with van der Waals surface area (Å²) in [6.07, 6.45) is -5.03. The largest absolute Gasteiger partial charge is 0.458 e. The minimum atomic E-state index is -4.94. The monoisotopic (exact) mass is 554 g/mol. The first-order chi connectivity index (χ1) is 18.5. The fourth-order valence-electron chi connectivity index (χ4n) is 4.25. The third-order valence-electron chi connectivity index (χ3n) is 6.28. The Balaban J connectivity index is 1.45. The van der Waals surface area contributed by atoms with Crippen molar-refractivity contribution in [2.24, 2.45) is 5.92 Å². The normalized spacial score (nSPS) is 18.1. The van der Waals surface area contributed by atoms with Gasteiger partial charge >= 0.3 is 12.3 Å². The van der Waals surface area contributed by atoms with Gasteiger partial charge in [-0.25, -0.2) is 8.78 Å². The molecule has 3 aromatic carbocycles. The molecule has 0 aliphatic carbocycles. The highest BCUT2D eigenvalue weighted by molar-refractivity contribution is 5.86. The number of alkyl halides is 5. The predicted octanol–water partition coefficient (Wildman–Crippen LogP) is 8.40. The Labute approximate surface area is 220 Å². The minimum Gasteiger partial charge on any atom is -0.429 e. The molecule has 1 saturated heterocycles. The van der Waals surface area contributed by atoms with Gasteiger partial charge in [0.1, 0.15) is 17.4 Å². The van der Waals surface area contributed by atoms with Crippen LogP contribution < -0.4 is 4.74 Å². The van der Waals surface area contributed by atoms with Gasteiger partial charge in [0, 0.05) is 22.8 Å². The van der Waals surface area contributed by atoms with Gasteiger partial charge in [-0.2, -0.15) is 22.0 Å². The lowest BCUT2D eigenvalue weighted by Crippen LogP contribution is -2.27. The molecule has 3 aromatic rings. The van der Waals surface area contributed by atoms with Gasteiger partial charge in [-0.05, 0) is 48.2 Å². The molecule has 4 rings (SSSR count). The Morgan fingerprint density at radius 3 is 2.26 bits per heavy atom. The van der Waals surface area contributed by atoms with E-state index in [0.29, 0.717) is 30.8 Å². The second-order valence-electron chi connectivity index (χ2n) is 9.28. The van der Waals surface area contributed by atoms with E-state index in [1.807, 2.05) is 0 Å². The van der Waals surface area contributed by atoms with Gasteiger partial charge in [-0.15, -0.1) is 0 Å². The quantitative estimate of drug-likeness (QED) is 0.159. The zero-order chi connectivity index (χ0) is 28.2. The van der Waals surface area contributed by atoms with Crippen molar-refractivity contribution in [1.82, 2.24) is 0 Å². The maximum absolute atomic E-state index is 14.9. The zero-order valence-corrected chi connectivity index (χ0v) is 20.9. The van der Waals surface area contributed by atoms with Gasteiger partial charge in [-0.3, -0.25) is 0 Å². The van der Waals surface area contributed by atoms with E-state index in [9.17, 15) is 30.7 Å². The van der Waals surface area contributed by atoms with Crippen molar-refractivity contribution in [3.05, 3.63) is 76.9 Å². The maximum atomic E-state index is 14.9. The number of fused-ring (bicyclic) bond motifs is 1. The van der Waals surface area contributed by atoms with Gasteiger partial charge in [0.15, 0.2) is 6.29 Å². The number of rotatable bonds is 8. The molecule has 1 fully saturated rings. The van der Waals surface area contributed by atoms with Gasteiger partial charge in [0.2, 0.25) is 0 Å². The summed E-state index contributed by atoms with van der Waals surface area (Å²) < 4.78 is 112. The zero-order valence-electron chi connectivity index (χ0n) is 20.9. The molecule has 39 heavy (non-hydrogen) atoms. The minimum absolute atomic E-state index is 0.189. The second-order valence-corrected chi connectivity index (χ2v) is 9.28. The van der Waals surface area contributed by atoms with Crippen molar-refractivity contribution in [3.8, 4) is 17.6 Å². The average molecular weight is 555 g/mol. The van der Waals surface area contributed by atoms with Crippen LogP contribution in [-0.4, -0.2) is 19.4 Å². The van der Waals surface area contributed by atoms with E-state index < -0.39 is 47.1 Å². The lowest BCUT2D eigenvalue weighted by Gasteiger charge is -2.30. The third kappa shape index (κ3) is 7.22. The molecular formula is C29H25F7O3. The van der Waals surface area contributed by atoms with E-state index in [1.165, 1.54) is 30.2 Å². The highest BCUT2D eigenvalue weighted by Gasteiger charge is 2.35. The van der Waals surface area contributed by atoms with Crippen LogP contribution >= 0.6 is 0 Å². The number of unbranched alkanes of at least 4 members (excludes halogenated alkanes) is 2. The van der Waals surface area contributed by atoms with E-state index in [4.69, 9.17) is 14.2 Å². The Bertz CT molecular complexity index is 1350. The number of hydrogen-bond donors (Lipinski definition) is 0. The Hall–Kier alpha value is -3.29. The molecule has 0 aromatic heterocycles. The molecule has 0 N–H and O–H groups in total. The number of hydrogen-bond acceptors (Lipinski definition) is 3. The van der Waals surface area contributed by atoms with Gasteiger partial charge in [0.25, 0.3) is 0 Å². The molecule has 1 aliphatic rings. The highest BCUT2D eigenvalue weighted by Crippen LogP contribution is 2.35.